The summed E-state index contributed by atoms with van der Waals surface area (Å²) in [5.41, 5.74) is 2.39. The van der Waals surface area contributed by atoms with E-state index in [1.807, 2.05) is 0 Å². The Kier molecular flexibility index (Phi) is 5.25. The maximum Gasteiger partial charge on any atom is 0.224 e. The van der Waals surface area contributed by atoms with Gasteiger partial charge in [-0.15, -0.1) is 0 Å². The summed E-state index contributed by atoms with van der Waals surface area (Å²) < 4.78 is 12.8. The minimum atomic E-state index is -0.297. The highest BCUT2D eigenvalue weighted by Crippen LogP contribution is 2.10. The first-order valence-corrected chi connectivity index (χ1v) is 6.90. The van der Waals surface area contributed by atoms with Gasteiger partial charge in [0.2, 0.25) is 11.8 Å². The maximum atomic E-state index is 12.8. The van der Waals surface area contributed by atoms with Crippen LogP contribution in [0.3, 0.4) is 0 Å². The van der Waals surface area contributed by atoms with Crippen molar-refractivity contribution in [2.24, 2.45) is 0 Å². The number of anilines is 1. The molecule has 2 amide bonds. The van der Waals surface area contributed by atoms with Crippen molar-refractivity contribution in [3.8, 4) is 0 Å². The Morgan fingerprint density at radius 3 is 2.14 bits per heavy atom. The zero-order chi connectivity index (χ0) is 15.9. The van der Waals surface area contributed by atoms with Crippen LogP contribution in [0.2, 0.25) is 0 Å². The number of benzene rings is 2. The standard InChI is InChI=1S/C17H17FN2O2/c1-12(21)20-16-8-4-13(5-9-16)10-17(22)19-11-14-2-6-15(18)7-3-14/h2-9H,10-11H2,1H3,(H,19,22)(H,20,21). The zero-order valence-electron chi connectivity index (χ0n) is 12.2. The van der Waals surface area contributed by atoms with Gasteiger partial charge in [0.1, 0.15) is 5.82 Å². The Morgan fingerprint density at radius 1 is 0.955 bits per heavy atom. The topological polar surface area (TPSA) is 58.2 Å². The lowest BCUT2D eigenvalue weighted by atomic mass is 10.1. The molecule has 0 atom stereocenters. The van der Waals surface area contributed by atoms with E-state index in [0.29, 0.717) is 12.2 Å². The Balaban J connectivity index is 1.83. The summed E-state index contributed by atoms with van der Waals surface area (Å²) in [6.07, 6.45) is 0.252. The van der Waals surface area contributed by atoms with Gasteiger partial charge in [0.05, 0.1) is 6.42 Å². The highest BCUT2D eigenvalue weighted by molar-refractivity contribution is 5.88. The first kappa shape index (κ1) is 15.7. The predicted molar refractivity (Wildman–Crippen MR) is 82.7 cm³/mol. The smallest absolute Gasteiger partial charge is 0.224 e. The molecule has 114 valence electrons. The Morgan fingerprint density at radius 2 is 1.55 bits per heavy atom. The molecule has 2 N–H and O–H groups in total. The third-order valence-corrected chi connectivity index (χ3v) is 3.04. The summed E-state index contributed by atoms with van der Waals surface area (Å²) in [6.45, 7) is 1.81. The SMILES string of the molecule is CC(=O)Nc1ccc(CC(=O)NCc2ccc(F)cc2)cc1. The van der Waals surface area contributed by atoms with Gasteiger partial charge in [0.15, 0.2) is 0 Å². The van der Waals surface area contributed by atoms with Crippen LogP contribution in [0, 0.1) is 5.82 Å². The van der Waals surface area contributed by atoms with E-state index in [9.17, 15) is 14.0 Å². The molecule has 0 aliphatic rings. The Labute approximate surface area is 128 Å². The van der Waals surface area contributed by atoms with Crippen molar-refractivity contribution >= 4 is 17.5 Å². The number of carbonyl (C=O) groups excluding carboxylic acids is 2. The summed E-state index contributed by atoms with van der Waals surface area (Å²) in [5.74, 6) is -0.546. The largest absolute Gasteiger partial charge is 0.352 e. The van der Waals surface area contributed by atoms with Gasteiger partial charge >= 0.3 is 0 Å². The number of rotatable bonds is 5. The van der Waals surface area contributed by atoms with E-state index in [1.54, 1.807) is 36.4 Å². The van der Waals surface area contributed by atoms with Gasteiger partial charge in [0.25, 0.3) is 0 Å². The van der Waals surface area contributed by atoms with Gasteiger partial charge in [-0.1, -0.05) is 24.3 Å². The molecule has 0 aliphatic carbocycles. The number of hydrogen-bond donors (Lipinski definition) is 2. The number of hydrogen-bond acceptors (Lipinski definition) is 2. The summed E-state index contributed by atoms with van der Waals surface area (Å²) in [4.78, 5) is 22.8. The summed E-state index contributed by atoms with van der Waals surface area (Å²) in [5, 5.41) is 5.45. The molecule has 4 nitrogen and oxygen atoms in total. The lowest BCUT2D eigenvalue weighted by Crippen LogP contribution is -2.24. The Bertz CT molecular complexity index is 651. The van der Waals surface area contributed by atoms with E-state index in [1.165, 1.54) is 19.1 Å². The molecule has 22 heavy (non-hydrogen) atoms. The quantitative estimate of drug-likeness (QED) is 0.892. The molecule has 0 bridgehead atoms. The van der Waals surface area contributed by atoms with Crippen molar-refractivity contribution in [2.75, 3.05) is 5.32 Å². The molecular weight excluding hydrogens is 283 g/mol. The van der Waals surface area contributed by atoms with Crippen LogP contribution < -0.4 is 10.6 Å². The van der Waals surface area contributed by atoms with Crippen molar-refractivity contribution in [2.45, 2.75) is 19.9 Å². The lowest BCUT2D eigenvalue weighted by Gasteiger charge is -2.07. The molecule has 0 saturated heterocycles. The minimum Gasteiger partial charge on any atom is -0.352 e. The van der Waals surface area contributed by atoms with E-state index >= 15 is 0 Å². The normalized spacial score (nSPS) is 10.1. The molecular formula is C17H17FN2O2. The Hall–Kier alpha value is -2.69. The van der Waals surface area contributed by atoms with Gasteiger partial charge < -0.3 is 10.6 Å². The van der Waals surface area contributed by atoms with Gasteiger partial charge in [0, 0.05) is 19.2 Å². The molecule has 2 aromatic rings. The third-order valence-electron chi connectivity index (χ3n) is 3.04. The van der Waals surface area contributed by atoms with Crippen molar-refractivity contribution in [1.29, 1.82) is 0 Å². The van der Waals surface area contributed by atoms with Crippen LogP contribution >= 0.6 is 0 Å². The van der Waals surface area contributed by atoms with Crippen LogP contribution in [-0.2, 0) is 22.6 Å². The summed E-state index contributed by atoms with van der Waals surface area (Å²) in [7, 11) is 0. The molecule has 0 heterocycles. The highest BCUT2D eigenvalue weighted by Gasteiger charge is 2.04. The van der Waals surface area contributed by atoms with Crippen molar-refractivity contribution in [1.82, 2.24) is 5.32 Å². The van der Waals surface area contributed by atoms with Gasteiger partial charge in [-0.2, -0.15) is 0 Å². The van der Waals surface area contributed by atoms with E-state index in [0.717, 1.165) is 11.1 Å². The average molecular weight is 300 g/mol. The van der Waals surface area contributed by atoms with Crippen LogP contribution in [-0.4, -0.2) is 11.8 Å². The van der Waals surface area contributed by atoms with Crippen molar-refractivity contribution in [3.63, 3.8) is 0 Å². The molecule has 2 rings (SSSR count). The second-order valence-corrected chi connectivity index (χ2v) is 4.96. The number of halogens is 1. The second kappa shape index (κ2) is 7.36. The van der Waals surface area contributed by atoms with Crippen LogP contribution in [0.15, 0.2) is 48.5 Å². The zero-order valence-corrected chi connectivity index (χ0v) is 12.2. The van der Waals surface area contributed by atoms with E-state index < -0.39 is 0 Å². The molecule has 0 saturated carbocycles. The number of carbonyl (C=O) groups is 2. The van der Waals surface area contributed by atoms with Gasteiger partial charge in [-0.05, 0) is 35.4 Å². The fourth-order valence-corrected chi connectivity index (χ4v) is 1.96. The van der Waals surface area contributed by atoms with Gasteiger partial charge in [-0.25, -0.2) is 4.39 Å². The highest BCUT2D eigenvalue weighted by atomic mass is 19.1. The molecule has 0 fully saturated rings. The van der Waals surface area contributed by atoms with Crippen molar-refractivity contribution < 1.29 is 14.0 Å². The van der Waals surface area contributed by atoms with E-state index in [4.69, 9.17) is 0 Å². The lowest BCUT2D eigenvalue weighted by molar-refractivity contribution is -0.120. The van der Waals surface area contributed by atoms with Crippen molar-refractivity contribution in [3.05, 3.63) is 65.5 Å². The van der Waals surface area contributed by atoms with Crippen LogP contribution in [0.4, 0.5) is 10.1 Å². The van der Waals surface area contributed by atoms with Crippen LogP contribution in [0.5, 0.6) is 0 Å². The van der Waals surface area contributed by atoms with Crippen LogP contribution in [0.1, 0.15) is 18.1 Å². The summed E-state index contributed by atoms with van der Waals surface area (Å²) in [6, 6.07) is 13.1. The summed E-state index contributed by atoms with van der Waals surface area (Å²) >= 11 is 0. The minimum absolute atomic E-state index is 0.114. The first-order chi connectivity index (χ1) is 10.5. The molecule has 0 aromatic heterocycles. The average Bonchev–Trinajstić information content (AvgIpc) is 2.48. The molecule has 0 radical (unpaired) electrons. The number of amides is 2. The first-order valence-electron chi connectivity index (χ1n) is 6.90. The fourth-order valence-electron chi connectivity index (χ4n) is 1.96. The monoisotopic (exact) mass is 300 g/mol. The molecule has 2 aromatic carbocycles. The van der Waals surface area contributed by atoms with E-state index in [-0.39, 0.29) is 24.1 Å². The fraction of sp³-hybridized carbons (Fsp3) is 0.176. The van der Waals surface area contributed by atoms with Gasteiger partial charge in [-0.3, -0.25) is 9.59 Å². The van der Waals surface area contributed by atoms with Crippen LogP contribution in [0.25, 0.3) is 0 Å². The molecule has 0 aliphatic heterocycles. The molecule has 0 unspecified atom stereocenters. The van der Waals surface area contributed by atoms with E-state index in [2.05, 4.69) is 10.6 Å². The molecule has 0 spiro atoms. The third kappa shape index (κ3) is 5.01. The maximum absolute atomic E-state index is 12.8. The second-order valence-electron chi connectivity index (χ2n) is 4.96. The number of nitrogens with one attached hydrogen (secondary N) is 2. The predicted octanol–water partition coefficient (Wildman–Crippen LogP) is 2.64. The molecule has 5 heteroatoms.